The number of amides is 2. The molecule has 1 fully saturated rings. The molecule has 1 unspecified atom stereocenters. The Morgan fingerprint density at radius 1 is 1.14 bits per heavy atom. The van der Waals surface area contributed by atoms with Crippen molar-refractivity contribution >= 4 is 28.8 Å². The zero-order chi connectivity index (χ0) is 32.6. The minimum Gasteiger partial charge on any atom is -0.480 e. The number of halogens is 6. The molecule has 2 heterocycles. The van der Waals surface area contributed by atoms with Gasteiger partial charge in [-0.25, -0.2) is 27.6 Å². The molecule has 1 aromatic carbocycles. The highest BCUT2D eigenvalue weighted by Crippen LogP contribution is 2.42. The highest BCUT2D eigenvalue weighted by molar-refractivity contribution is 5.93. The predicted molar refractivity (Wildman–Crippen MR) is 140 cm³/mol. The van der Waals surface area contributed by atoms with E-state index in [1.807, 2.05) is 0 Å². The summed E-state index contributed by atoms with van der Waals surface area (Å²) in [7, 11) is 0. The average Bonchev–Trinajstić information content (AvgIpc) is 3.55. The monoisotopic (exact) mass is 632 g/mol. The van der Waals surface area contributed by atoms with Crippen LogP contribution in [0, 0.1) is 24.6 Å². The lowest BCUT2D eigenvalue weighted by atomic mass is 9.81. The van der Waals surface area contributed by atoms with Crippen LogP contribution in [0.5, 0.6) is 0 Å². The van der Waals surface area contributed by atoms with Gasteiger partial charge in [-0.3, -0.25) is 9.59 Å². The van der Waals surface area contributed by atoms with Crippen molar-refractivity contribution in [1.29, 1.82) is 0 Å². The van der Waals surface area contributed by atoms with Gasteiger partial charge in [0.25, 0.3) is 5.91 Å². The molecule has 1 saturated carbocycles. The molecule has 2 amide bonds. The molecule has 0 saturated heterocycles. The number of benzene rings is 1. The summed E-state index contributed by atoms with van der Waals surface area (Å²) in [5.74, 6) is -11.3. The molecule has 1 aliphatic carbocycles. The van der Waals surface area contributed by atoms with Crippen LogP contribution in [0.4, 0.5) is 26.3 Å². The van der Waals surface area contributed by atoms with Gasteiger partial charge in [0.1, 0.15) is 23.1 Å². The van der Waals surface area contributed by atoms with Crippen molar-refractivity contribution in [2.75, 3.05) is 0 Å². The molecule has 2 aromatic heterocycles. The number of aromatic nitrogens is 4. The van der Waals surface area contributed by atoms with Crippen LogP contribution < -0.4 is 10.6 Å². The van der Waals surface area contributed by atoms with E-state index in [1.165, 1.54) is 26.8 Å². The zero-order valence-electron chi connectivity index (χ0n) is 23.8. The number of carbonyl (C=O) groups is 3. The lowest BCUT2D eigenvalue weighted by molar-refractivity contribution is -0.150. The Hall–Kier alpha value is -4.18. The molecule has 0 radical (unpaired) electrons. The van der Waals surface area contributed by atoms with Crippen LogP contribution in [-0.2, 0) is 9.59 Å². The smallest absolute Gasteiger partial charge is 0.390 e. The molecule has 0 aliphatic heterocycles. The zero-order valence-corrected chi connectivity index (χ0v) is 23.8. The van der Waals surface area contributed by atoms with E-state index in [0.29, 0.717) is 0 Å². The maximum atomic E-state index is 15.9. The van der Waals surface area contributed by atoms with Crippen LogP contribution in [0.1, 0.15) is 85.5 Å². The summed E-state index contributed by atoms with van der Waals surface area (Å²) in [5.41, 5.74) is -1.18. The van der Waals surface area contributed by atoms with Crippen LogP contribution in [0.25, 0.3) is 11.0 Å². The number of carbonyl (C=O) groups excluding carboxylic acids is 2. The van der Waals surface area contributed by atoms with Crippen molar-refractivity contribution in [3.05, 3.63) is 40.7 Å². The Labute approximate surface area is 246 Å². The Balaban J connectivity index is 1.73. The SMILES string of the molecule is Cc1nonc1C(=O)N[C@H](c1nc2c(F)c(C(CC(F)(F)F)C(=O)N[C@@H](C(=O)O)C(C)C)ccc2[nH]1)C1CCC(F)(F)CC1. The van der Waals surface area contributed by atoms with E-state index in [2.05, 4.69) is 35.5 Å². The lowest BCUT2D eigenvalue weighted by Crippen LogP contribution is -2.46. The standard InChI is InChI=1S/C27H30F6N6O5/c1-11(2)18(25(42)43)36-23(40)15(10-27(31,32)33)14-4-5-16-21(17(14)28)35-22(34-16)20(13-6-8-26(29,30)9-7-13)37-24(41)19-12(3)38-44-39-19/h4-5,11,13,15,18,20H,6-10H2,1-3H3,(H,34,35)(H,36,40)(H,37,41)(H,42,43)/t15?,18-,20+/m1/s1. The molecule has 240 valence electrons. The third kappa shape index (κ3) is 7.30. The number of nitrogens with zero attached hydrogens (tertiary/aromatic N) is 3. The first kappa shape index (κ1) is 32.7. The highest BCUT2D eigenvalue weighted by Gasteiger charge is 2.41. The topological polar surface area (TPSA) is 163 Å². The van der Waals surface area contributed by atoms with Gasteiger partial charge in [0, 0.05) is 18.4 Å². The summed E-state index contributed by atoms with van der Waals surface area (Å²) in [5, 5.41) is 21.2. The third-order valence-corrected chi connectivity index (χ3v) is 7.68. The molecule has 0 spiro atoms. The van der Waals surface area contributed by atoms with Crippen molar-refractivity contribution in [2.24, 2.45) is 11.8 Å². The minimum atomic E-state index is -4.93. The Morgan fingerprint density at radius 3 is 2.34 bits per heavy atom. The van der Waals surface area contributed by atoms with E-state index in [0.717, 1.165) is 6.07 Å². The molecule has 3 aromatic rings. The van der Waals surface area contributed by atoms with Gasteiger partial charge in [-0.1, -0.05) is 25.1 Å². The number of rotatable bonds is 10. The summed E-state index contributed by atoms with van der Waals surface area (Å²) >= 11 is 0. The van der Waals surface area contributed by atoms with Crippen LogP contribution in [-0.4, -0.2) is 61.3 Å². The second-order valence-electron chi connectivity index (χ2n) is 11.3. The number of hydrogen-bond donors (Lipinski definition) is 4. The predicted octanol–water partition coefficient (Wildman–Crippen LogP) is 4.95. The molecule has 3 atom stereocenters. The van der Waals surface area contributed by atoms with Gasteiger partial charge in [0.05, 0.1) is 23.9 Å². The largest absolute Gasteiger partial charge is 0.480 e. The number of hydrogen-bond acceptors (Lipinski definition) is 7. The third-order valence-electron chi connectivity index (χ3n) is 7.68. The summed E-state index contributed by atoms with van der Waals surface area (Å²) in [6, 6.07) is -0.447. The Kier molecular flexibility index (Phi) is 9.25. The maximum Gasteiger partial charge on any atom is 0.390 e. The number of carboxylic acid groups (broad SMARTS) is 1. The summed E-state index contributed by atoms with van der Waals surface area (Å²) in [4.78, 5) is 44.5. The summed E-state index contributed by atoms with van der Waals surface area (Å²) < 4.78 is 88.9. The van der Waals surface area contributed by atoms with Gasteiger partial charge < -0.3 is 20.7 Å². The van der Waals surface area contributed by atoms with Crippen molar-refractivity contribution < 1.29 is 50.5 Å². The van der Waals surface area contributed by atoms with E-state index in [1.54, 1.807) is 0 Å². The van der Waals surface area contributed by atoms with Crippen molar-refractivity contribution in [3.8, 4) is 0 Å². The van der Waals surface area contributed by atoms with E-state index < -0.39 is 95.9 Å². The number of H-pyrrole nitrogens is 1. The molecule has 0 bridgehead atoms. The average molecular weight is 633 g/mol. The van der Waals surface area contributed by atoms with Crippen LogP contribution >= 0.6 is 0 Å². The summed E-state index contributed by atoms with van der Waals surface area (Å²) in [6.45, 7) is 4.34. The first-order valence-corrected chi connectivity index (χ1v) is 13.7. The first-order valence-electron chi connectivity index (χ1n) is 13.7. The van der Waals surface area contributed by atoms with Crippen molar-refractivity contribution in [1.82, 2.24) is 30.9 Å². The quantitative estimate of drug-likeness (QED) is 0.228. The van der Waals surface area contributed by atoms with E-state index in [9.17, 15) is 41.4 Å². The van der Waals surface area contributed by atoms with E-state index in [-0.39, 0.29) is 35.6 Å². The fourth-order valence-corrected chi connectivity index (χ4v) is 5.29. The first-order chi connectivity index (χ1) is 20.5. The molecular formula is C27H30F6N6O5. The van der Waals surface area contributed by atoms with Crippen LogP contribution in [0.2, 0.25) is 0 Å². The second kappa shape index (κ2) is 12.4. The fraction of sp³-hybridized carbons (Fsp3) is 0.556. The number of aromatic amines is 1. The van der Waals surface area contributed by atoms with Gasteiger partial charge in [0.15, 0.2) is 11.5 Å². The number of imidazole rings is 1. The lowest BCUT2D eigenvalue weighted by Gasteiger charge is -2.33. The Bertz CT molecular complexity index is 1530. The molecule has 44 heavy (non-hydrogen) atoms. The van der Waals surface area contributed by atoms with Crippen LogP contribution in [0.3, 0.4) is 0 Å². The highest BCUT2D eigenvalue weighted by atomic mass is 19.4. The molecule has 4 rings (SSSR count). The van der Waals surface area contributed by atoms with Gasteiger partial charge in [-0.15, -0.1) is 0 Å². The number of carboxylic acids is 1. The molecule has 4 N–H and O–H groups in total. The second-order valence-corrected chi connectivity index (χ2v) is 11.3. The molecule has 11 nitrogen and oxygen atoms in total. The number of nitrogens with one attached hydrogen (secondary N) is 3. The molecule has 17 heteroatoms. The molecule has 1 aliphatic rings. The fourth-order valence-electron chi connectivity index (χ4n) is 5.29. The number of aliphatic carboxylic acids is 1. The molecular weight excluding hydrogens is 602 g/mol. The van der Waals surface area contributed by atoms with Crippen LogP contribution in [0.15, 0.2) is 16.8 Å². The number of alkyl halides is 5. The summed E-state index contributed by atoms with van der Waals surface area (Å²) in [6.07, 6.45) is -7.74. The van der Waals surface area contributed by atoms with Crippen molar-refractivity contribution in [3.63, 3.8) is 0 Å². The number of aryl methyl sites for hydroxylation is 1. The van der Waals surface area contributed by atoms with E-state index in [4.69, 9.17) is 0 Å². The normalized spacial score (nSPS) is 17.8. The van der Waals surface area contributed by atoms with Gasteiger partial charge in [-0.2, -0.15) is 13.2 Å². The van der Waals surface area contributed by atoms with E-state index >= 15 is 4.39 Å². The van der Waals surface area contributed by atoms with Gasteiger partial charge in [-0.05, 0) is 42.8 Å². The number of fused-ring (bicyclic) bond motifs is 1. The van der Waals surface area contributed by atoms with Crippen molar-refractivity contribution in [2.45, 2.75) is 83.0 Å². The van der Waals surface area contributed by atoms with Gasteiger partial charge >= 0.3 is 12.1 Å². The Morgan fingerprint density at radius 2 is 1.80 bits per heavy atom. The maximum absolute atomic E-state index is 15.9. The minimum absolute atomic E-state index is 0.00215. The van der Waals surface area contributed by atoms with Gasteiger partial charge in [0.2, 0.25) is 11.8 Å².